The molecule has 0 radical (unpaired) electrons. The number of fused-ring (bicyclic) bond motifs is 3. The number of pyridine rings is 1. The Labute approximate surface area is 152 Å². The minimum absolute atomic E-state index is 0.0347. The molecular formula is C19H27N5O2. The molecule has 0 aliphatic rings. The van der Waals surface area contributed by atoms with Crippen LogP contribution in [0.25, 0.3) is 21.8 Å². The molecule has 2 aromatic heterocycles. The van der Waals surface area contributed by atoms with Crippen LogP contribution in [0.3, 0.4) is 0 Å². The average Bonchev–Trinajstić information content (AvgIpc) is 3.03. The highest BCUT2D eigenvalue weighted by atomic mass is 16.1. The molecule has 0 unspecified atom stereocenters. The molecule has 0 bridgehead atoms. The fraction of sp³-hybridized carbons (Fsp3) is 0.421. The lowest BCUT2D eigenvalue weighted by molar-refractivity contribution is -0.121. The Morgan fingerprint density at radius 3 is 2.69 bits per heavy atom. The van der Waals surface area contributed by atoms with Crippen LogP contribution >= 0.6 is 0 Å². The van der Waals surface area contributed by atoms with Gasteiger partial charge >= 0.3 is 0 Å². The van der Waals surface area contributed by atoms with Gasteiger partial charge in [0, 0.05) is 30.6 Å². The number of carbonyl (C=O) groups excluding carboxylic acids is 1. The molecule has 3 rings (SSSR count). The van der Waals surface area contributed by atoms with E-state index in [-0.39, 0.29) is 11.5 Å². The van der Waals surface area contributed by atoms with E-state index < -0.39 is 0 Å². The summed E-state index contributed by atoms with van der Waals surface area (Å²) in [7, 11) is 0. The molecule has 7 nitrogen and oxygen atoms in total. The first kappa shape index (κ1) is 19.7. The van der Waals surface area contributed by atoms with Crippen molar-refractivity contribution in [3.05, 3.63) is 40.3 Å². The van der Waals surface area contributed by atoms with Crippen LogP contribution in [0.1, 0.15) is 32.4 Å². The van der Waals surface area contributed by atoms with E-state index in [9.17, 15) is 9.59 Å². The van der Waals surface area contributed by atoms with E-state index in [4.69, 9.17) is 5.73 Å². The fourth-order valence-electron chi connectivity index (χ4n) is 2.90. The molecule has 2 heterocycles. The van der Waals surface area contributed by atoms with Gasteiger partial charge in [-0.15, -0.1) is 0 Å². The Morgan fingerprint density at radius 2 is 2.04 bits per heavy atom. The summed E-state index contributed by atoms with van der Waals surface area (Å²) in [6.45, 7) is 7.74. The Morgan fingerprint density at radius 1 is 1.31 bits per heavy atom. The van der Waals surface area contributed by atoms with E-state index in [0.717, 1.165) is 28.5 Å². The number of benzene rings is 1. The van der Waals surface area contributed by atoms with Gasteiger partial charge in [-0.25, -0.2) is 0 Å². The second-order valence-corrected chi connectivity index (χ2v) is 5.98. The molecule has 0 aliphatic carbocycles. The highest BCUT2D eigenvalue weighted by Gasteiger charge is 2.13. The third kappa shape index (κ3) is 4.11. The van der Waals surface area contributed by atoms with Crippen LogP contribution in [0.4, 0.5) is 0 Å². The van der Waals surface area contributed by atoms with Gasteiger partial charge in [0.25, 0.3) is 5.56 Å². The number of aryl methyl sites for hydroxylation is 2. The second-order valence-electron chi connectivity index (χ2n) is 5.98. The number of aromatic amines is 1. The number of H-pyrrole nitrogens is 1. The topological polar surface area (TPSA) is 106 Å². The smallest absolute Gasteiger partial charge is 0.262 e. The van der Waals surface area contributed by atoms with Gasteiger partial charge in [0.1, 0.15) is 5.52 Å². The summed E-state index contributed by atoms with van der Waals surface area (Å²) in [6.07, 6.45) is 1.34. The zero-order chi connectivity index (χ0) is 19.1. The highest BCUT2D eigenvalue weighted by molar-refractivity contribution is 6.03. The van der Waals surface area contributed by atoms with Crippen molar-refractivity contribution in [2.45, 2.75) is 40.2 Å². The van der Waals surface area contributed by atoms with Crippen LogP contribution in [0.15, 0.2) is 29.1 Å². The van der Waals surface area contributed by atoms with Crippen LogP contribution in [0, 0.1) is 6.92 Å². The van der Waals surface area contributed by atoms with Crippen LogP contribution in [0.5, 0.6) is 0 Å². The Hall–Kier alpha value is -2.67. The maximum Gasteiger partial charge on any atom is 0.262 e. The summed E-state index contributed by atoms with van der Waals surface area (Å²) in [5.41, 5.74) is 7.77. The van der Waals surface area contributed by atoms with Gasteiger partial charge in [-0.3, -0.25) is 14.7 Å². The average molecular weight is 357 g/mol. The van der Waals surface area contributed by atoms with E-state index in [1.54, 1.807) is 4.57 Å². The number of para-hydroxylation sites is 1. The first-order valence-electron chi connectivity index (χ1n) is 8.98. The van der Waals surface area contributed by atoms with Crippen molar-refractivity contribution in [3.8, 4) is 0 Å². The third-order valence-electron chi connectivity index (χ3n) is 4.15. The van der Waals surface area contributed by atoms with E-state index in [1.807, 2.05) is 45.0 Å². The molecule has 140 valence electrons. The Bertz CT molecular complexity index is 942. The van der Waals surface area contributed by atoms with Crippen molar-refractivity contribution in [2.24, 2.45) is 5.73 Å². The maximum absolute atomic E-state index is 12.4. The molecule has 4 N–H and O–H groups in total. The number of hydrogen-bond acceptors (Lipinski definition) is 4. The summed E-state index contributed by atoms with van der Waals surface area (Å²) in [5.74, 6) is 0.1000. The molecule has 26 heavy (non-hydrogen) atoms. The zero-order valence-corrected chi connectivity index (χ0v) is 15.6. The van der Waals surface area contributed by atoms with Crippen molar-refractivity contribution < 1.29 is 4.79 Å². The van der Waals surface area contributed by atoms with Gasteiger partial charge in [0.05, 0.1) is 10.9 Å². The van der Waals surface area contributed by atoms with E-state index in [1.165, 1.54) is 0 Å². The molecule has 7 heteroatoms. The molecule has 3 aromatic rings. The van der Waals surface area contributed by atoms with Crippen LogP contribution < -0.4 is 16.6 Å². The van der Waals surface area contributed by atoms with Gasteiger partial charge in [0.2, 0.25) is 5.91 Å². The summed E-state index contributed by atoms with van der Waals surface area (Å²) in [4.78, 5) is 23.0. The number of nitrogens with zero attached hydrogens (tertiary/aromatic N) is 2. The summed E-state index contributed by atoms with van der Waals surface area (Å²) >= 11 is 0. The third-order valence-corrected chi connectivity index (χ3v) is 4.15. The lowest BCUT2D eigenvalue weighted by atomic mass is 10.1. The number of nitrogens with one attached hydrogen (secondary N) is 2. The van der Waals surface area contributed by atoms with Crippen molar-refractivity contribution in [1.82, 2.24) is 20.1 Å². The molecule has 0 atom stereocenters. The van der Waals surface area contributed by atoms with Crippen LogP contribution in [-0.2, 0) is 11.3 Å². The monoisotopic (exact) mass is 357 g/mol. The van der Waals surface area contributed by atoms with Crippen molar-refractivity contribution in [1.29, 1.82) is 0 Å². The minimum atomic E-state index is 0.0347. The predicted octanol–water partition coefficient (Wildman–Crippen LogP) is 2.07. The van der Waals surface area contributed by atoms with Crippen molar-refractivity contribution in [2.75, 3.05) is 13.1 Å². The number of nitrogens with two attached hydrogens (primary N) is 1. The van der Waals surface area contributed by atoms with Gasteiger partial charge in [-0.05, 0) is 39.8 Å². The standard InChI is InChI=1S/C13H13N3O.C6H14N2O/c1-3-16-10-7-5-4-6-9(10)12-11(13(16)17)8(2)14-15-12;1-2-8-6(9)4-3-5-7/h4-7H,3H2,1-2H3,(H,14,15);2-5,7H2,1H3,(H,8,9). The minimum Gasteiger partial charge on any atom is -0.356 e. The second kappa shape index (κ2) is 9.15. The van der Waals surface area contributed by atoms with Crippen LogP contribution in [-0.4, -0.2) is 33.8 Å². The number of rotatable bonds is 5. The van der Waals surface area contributed by atoms with Gasteiger partial charge in [-0.2, -0.15) is 5.10 Å². The summed E-state index contributed by atoms with van der Waals surface area (Å²) in [5, 5.41) is 11.5. The summed E-state index contributed by atoms with van der Waals surface area (Å²) < 4.78 is 1.79. The molecule has 0 fully saturated rings. The molecule has 1 amide bonds. The normalized spacial score (nSPS) is 10.6. The van der Waals surface area contributed by atoms with Gasteiger partial charge in [0.15, 0.2) is 0 Å². The number of amides is 1. The molecule has 0 saturated carbocycles. The fourth-order valence-corrected chi connectivity index (χ4v) is 2.90. The van der Waals surface area contributed by atoms with E-state index in [2.05, 4.69) is 15.5 Å². The zero-order valence-electron chi connectivity index (χ0n) is 15.6. The molecular weight excluding hydrogens is 330 g/mol. The number of aromatic nitrogens is 3. The SMILES string of the molecule is CCNC(=O)CCCN.CCn1c(=O)c2c(C)[nH]nc2c2ccccc21. The first-order valence-corrected chi connectivity index (χ1v) is 8.98. The number of carbonyl (C=O) groups is 1. The molecule has 1 aromatic carbocycles. The lowest BCUT2D eigenvalue weighted by Crippen LogP contribution is -2.22. The Kier molecular flexibility index (Phi) is 6.91. The highest BCUT2D eigenvalue weighted by Crippen LogP contribution is 2.22. The molecule has 0 spiro atoms. The Balaban J connectivity index is 0.000000232. The van der Waals surface area contributed by atoms with E-state index in [0.29, 0.717) is 31.4 Å². The molecule has 0 aliphatic heterocycles. The van der Waals surface area contributed by atoms with Crippen molar-refractivity contribution >= 4 is 27.7 Å². The van der Waals surface area contributed by atoms with Gasteiger partial charge < -0.3 is 15.6 Å². The lowest BCUT2D eigenvalue weighted by Gasteiger charge is -2.08. The quantitative estimate of drug-likeness (QED) is 0.650. The predicted molar refractivity (Wildman–Crippen MR) is 105 cm³/mol. The maximum atomic E-state index is 12.4. The number of hydrogen-bond donors (Lipinski definition) is 3. The molecule has 0 saturated heterocycles. The van der Waals surface area contributed by atoms with E-state index >= 15 is 0 Å². The summed E-state index contributed by atoms with van der Waals surface area (Å²) in [6, 6.07) is 7.88. The van der Waals surface area contributed by atoms with Crippen molar-refractivity contribution in [3.63, 3.8) is 0 Å². The largest absolute Gasteiger partial charge is 0.356 e. The van der Waals surface area contributed by atoms with Crippen LogP contribution in [0.2, 0.25) is 0 Å². The van der Waals surface area contributed by atoms with Gasteiger partial charge in [-0.1, -0.05) is 18.2 Å². The first-order chi connectivity index (χ1) is 12.5.